The second-order valence-corrected chi connectivity index (χ2v) is 8.23. The minimum Gasteiger partial charge on any atom is -0.325 e. The Bertz CT molecular complexity index is 825. The predicted molar refractivity (Wildman–Crippen MR) is 98.7 cm³/mol. The van der Waals surface area contributed by atoms with Crippen LogP contribution < -0.4 is 5.32 Å². The highest BCUT2D eigenvalue weighted by atomic mass is 79.9. The largest absolute Gasteiger partial charge is 0.325 e. The van der Waals surface area contributed by atoms with E-state index in [1.165, 1.54) is 12.1 Å². The molecule has 0 aliphatic rings. The van der Waals surface area contributed by atoms with Gasteiger partial charge >= 0.3 is 0 Å². The number of benzene rings is 2. The van der Waals surface area contributed by atoms with Crippen molar-refractivity contribution in [1.82, 2.24) is 4.31 Å². The minimum absolute atomic E-state index is 0.142. The molecule has 0 unspecified atom stereocenters. The fraction of sp³-hybridized carbons (Fsp3) is 0.188. The van der Waals surface area contributed by atoms with E-state index in [-0.39, 0.29) is 18.0 Å². The van der Waals surface area contributed by atoms with Crippen LogP contribution in [0.2, 0.25) is 5.02 Å². The van der Waals surface area contributed by atoms with Gasteiger partial charge in [-0.05, 0) is 42.5 Å². The van der Waals surface area contributed by atoms with Crippen molar-refractivity contribution in [3.05, 3.63) is 58.0 Å². The molecule has 0 aromatic heterocycles. The van der Waals surface area contributed by atoms with E-state index in [2.05, 4.69) is 21.2 Å². The number of anilines is 1. The molecule has 2 aromatic rings. The van der Waals surface area contributed by atoms with Crippen molar-refractivity contribution in [3.8, 4) is 0 Å². The van der Waals surface area contributed by atoms with Gasteiger partial charge in [0.05, 0.1) is 11.4 Å². The van der Waals surface area contributed by atoms with E-state index in [0.29, 0.717) is 10.7 Å². The third-order valence-electron chi connectivity index (χ3n) is 3.23. The molecule has 24 heavy (non-hydrogen) atoms. The van der Waals surface area contributed by atoms with Crippen LogP contribution in [0.5, 0.6) is 0 Å². The lowest BCUT2D eigenvalue weighted by Gasteiger charge is -2.20. The Kier molecular flexibility index (Phi) is 6.40. The van der Waals surface area contributed by atoms with Crippen LogP contribution in [0.1, 0.15) is 6.92 Å². The van der Waals surface area contributed by atoms with Gasteiger partial charge in [-0.15, -0.1) is 0 Å². The summed E-state index contributed by atoms with van der Waals surface area (Å²) in [5, 5.41) is 3.13. The summed E-state index contributed by atoms with van der Waals surface area (Å²) in [7, 11) is -3.74. The minimum atomic E-state index is -3.74. The topological polar surface area (TPSA) is 66.5 Å². The normalized spacial score (nSPS) is 11.5. The highest BCUT2D eigenvalue weighted by Gasteiger charge is 2.25. The van der Waals surface area contributed by atoms with Crippen LogP contribution in [0.25, 0.3) is 0 Å². The van der Waals surface area contributed by atoms with Crippen molar-refractivity contribution in [2.75, 3.05) is 18.4 Å². The van der Waals surface area contributed by atoms with Gasteiger partial charge in [-0.2, -0.15) is 4.31 Å². The number of hydrogen-bond donors (Lipinski definition) is 1. The third kappa shape index (κ3) is 4.80. The Hall–Kier alpha value is -1.41. The second-order valence-electron chi connectivity index (χ2n) is 4.94. The number of sulfonamides is 1. The summed E-state index contributed by atoms with van der Waals surface area (Å²) in [6.45, 7) is 1.59. The zero-order valence-corrected chi connectivity index (χ0v) is 16.0. The van der Waals surface area contributed by atoms with E-state index in [0.717, 1.165) is 8.78 Å². The van der Waals surface area contributed by atoms with Gasteiger partial charge in [0.1, 0.15) is 0 Å². The number of amides is 1. The zero-order chi connectivity index (χ0) is 17.7. The molecule has 1 N–H and O–H groups in total. The molecule has 0 heterocycles. The van der Waals surface area contributed by atoms with Gasteiger partial charge in [0.15, 0.2) is 0 Å². The second kappa shape index (κ2) is 8.11. The molecule has 0 atom stereocenters. The van der Waals surface area contributed by atoms with Crippen molar-refractivity contribution >= 4 is 49.1 Å². The maximum absolute atomic E-state index is 12.6. The van der Waals surface area contributed by atoms with Crippen molar-refractivity contribution in [3.63, 3.8) is 0 Å². The molecule has 0 aliphatic carbocycles. The first kappa shape index (κ1) is 18.9. The number of rotatable bonds is 6. The number of nitrogens with one attached hydrogen (secondary N) is 1. The SMILES string of the molecule is CCN(CC(=O)Nc1cccc(Cl)c1)S(=O)(=O)c1ccc(Br)cc1. The zero-order valence-electron chi connectivity index (χ0n) is 12.9. The molecule has 1 amide bonds. The third-order valence-corrected chi connectivity index (χ3v) is 5.93. The lowest BCUT2D eigenvalue weighted by Crippen LogP contribution is -2.37. The number of likely N-dealkylation sites (N-methyl/N-ethyl adjacent to an activating group) is 1. The molecule has 0 saturated heterocycles. The first-order valence-electron chi connectivity index (χ1n) is 7.14. The van der Waals surface area contributed by atoms with Crippen molar-refractivity contribution in [2.45, 2.75) is 11.8 Å². The molecule has 5 nitrogen and oxygen atoms in total. The molecular formula is C16H16BrClN2O3S. The summed E-state index contributed by atoms with van der Waals surface area (Å²) in [5.41, 5.74) is 0.518. The lowest BCUT2D eigenvalue weighted by molar-refractivity contribution is -0.116. The monoisotopic (exact) mass is 430 g/mol. The molecule has 0 spiro atoms. The maximum Gasteiger partial charge on any atom is 0.243 e. The molecule has 0 fully saturated rings. The maximum atomic E-state index is 12.6. The van der Waals surface area contributed by atoms with Crippen LogP contribution in [0.3, 0.4) is 0 Å². The highest BCUT2D eigenvalue weighted by Crippen LogP contribution is 2.19. The summed E-state index contributed by atoms with van der Waals surface area (Å²) >= 11 is 9.13. The summed E-state index contributed by atoms with van der Waals surface area (Å²) in [4.78, 5) is 12.3. The molecule has 0 aliphatic heterocycles. The lowest BCUT2D eigenvalue weighted by atomic mass is 10.3. The highest BCUT2D eigenvalue weighted by molar-refractivity contribution is 9.10. The Morgan fingerprint density at radius 2 is 1.88 bits per heavy atom. The number of carbonyl (C=O) groups excluding carboxylic acids is 1. The Balaban J connectivity index is 2.13. The fourth-order valence-corrected chi connectivity index (χ4v) is 3.91. The molecule has 0 bridgehead atoms. The van der Waals surface area contributed by atoms with Crippen LogP contribution in [-0.4, -0.2) is 31.7 Å². The van der Waals surface area contributed by atoms with Crippen molar-refractivity contribution < 1.29 is 13.2 Å². The Morgan fingerprint density at radius 1 is 1.21 bits per heavy atom. The number of carbonyl (C=O) groups is 1. The summed E-state index contributed by atoms with van der Waals surface area (Å²) in [6, 6.07) is 13.0. The van der Waals surface area contributed by atoms with Crippen LogP contribution in [0.4, 0.5) is 5.69 Å². The first-order chi connectivity index (χ1) is 11.3. The van der Waals surface area contributed by atoms with Crippen molar-refractivity contribution in [2.24, 2.45) is 0 Å². The van der Waals surface area contributed by atoms with E-state index in [9.17, 15) is 13.2 Å². The quantitative estimate of drug-likeness (QED) is 0.757. The smallest absolute Gasteiger partial charge is 0.243 e. The Labute approximate surface area is 154 Å². The van der Waals surface area contributed by atoms with Gasteiger partial charge in [-0.1, -0.05) is 40.5 Å². The van der Waals surface area contributed by atoms with Gasteiger partial charge in [-0.25, -0.2) is 8.42 Å². The summed E-state index contributed by atoms with van der Waals surface area (Å²) < 4.78 is 27.2. The van der Waals surface area contributed by atoms with E-state index in [1.54, 1.807) is 43.3 Å². The molecular weight excluding hydrogens is 416 g/mol. The molecule has 2 aromatic carbocycles. The van der Waals surface area contributed by atoms with E-state index < -0.39 is 15.9 Å². The van der Waals surface area contributed by atoms with E-state index >= 15 is 0 Å². The standard InChI is InChI=1S/C16H16BrClN2O3S/c1-2-20(24(22,23)15-8-6-12(17)7-9-15)11-16(21)19-14-5-3-4-13(18)10-14/h3-10H,2,11H2,1H3,(H,19,21). The Morgan fingerprint density at radius 3 is 2.46 bits per heavy atom. The predicted octanol–water partition coefficient (Wildman–Crippen LogP) is 3.75. The number of halogens is 2. The van der Waals surface area contributed by atoms with Gasteiger partial charge in [-0.3, -0.25) is 4.79 Å². The number of hydrogen-bond acceptors (Lipinski definition) is 3. The fourth-order valence-electron chi connectivity index (χ4n) is 2.05. The first-order valence-corrected chi connectivity index (χ1v) is 9.75. The summed E-state index contributed by atoms with van der Waals surface area (Å²) in [5.74, 6) is -0.431. The molecule has 0 saturated carbocycles. The summed E-state index contributed by atoms with van der Waals surface area (Å²) in [6.07, 6.45) is 0. The van der Waals surface area contributed by atoms with Gasteiger partial charge in [0.2, 0.25) is 15.9 Å². The number of nitrogens with zero attached hydrogens (tertiary/aromatic N) is 1. The van der Waals surface area contributed by atoms with Crippen LogP contribution in [0, 0.1) is 0 Å². The molecule has 2 rings (SSSR count). The average Bonchev–Trinajstić information content (AvgIpc) is 2.53. The molecule has 8 heteroatoms. The average molecular weight is 432 g/mol. The van der Waals surface area contributed by atoms with E-state index in [1.807, 2.05) is 0 Å². The van der Waals surface area contributed by atoms with Gasteiger partial charge < -0.3 is 5.32 Å². The van der Waals surface area contributed by atoms with Crippen LogP contribution in [0.15, 0.2) is 57.9 Å². The van der Waals surface area contributed by atoms with Crippen molar-refractivity contribution in [1.29, 1.82) is 0 Å². The molecule has 0 radical (unpaired) electrons. The molecule has 128 valence electrons. The van der Waals surface area contributed by atoms with Gasteiger partial charge in [0.25, 0.3) is 0 Å². The van der Waals surface area contributed by atoms with Crippen LogP contribution in [-0.2, 0) is 14.8 Å². The van der Waals surface area contributed by atoms with Crippen LogP contribution >= 0.6 is 27.5 Å². The van der Waals surface area contributed by atoms with Gasteiger partial charge in [0, 0.05) is 21.7 Å². The van der Waals surface area contributed by atoms with E-state index in [4.69, 9.17) is 11.6 Å².